The van der Waals surface area contributed by atoms with Gasteiger partial charge in [-0.2, -0.15) is 5.10 Å². The first-order valence-corrected chi connectivity index (χ1v) is 7.55. The van der Waals surface area contributed by atoms with Gasteiger partial charge in [-0.15, -0.1) is 0 Å². The van der Waals surface area contributed by atoms with Crippen LogP contribution in [-0.4, -0.2) is 22.6 Å². The van der Waals surface area contributed by atoms with E-state index >= 15 is 0 Å². The van der Waals surface area contributed by atoms with Crippen molar-refractivity contribution in [1.29, 1.82) is 0 Å². The Bertz CT molecular complexity index is 809. The Morgan fingerprint density at radius 2 is 1.86 bits per heavy atom. The van der Waals surface area contributed by atoms with Gasteiger partial charge in [-0.05, 0) is 36.2 Å². The third-order valence-electron chi connectivity index (χ3n) is 3.31. The average molecular weight is 334 g/mol. The van der Waals surface area contributed by atoms with Gasteiger partial charge in [0.25, 0.3) is 5.91 Å². The van der Waals surface area contributed by atoms with Gasteiger partial charge in [0.15, 0.2) is 5.69 Å². The first-order valence-electron chi connectivity index (χ1n) is 6.80. The molecular weight excluding hydrogens is 321 g/mol. The van der Waals surface area contributed by atoms with Crippen molar-refractivity contribution in [3.63, 3.8) is 0 Å². The zero-order chi connectivity index (χ0) is 15.5. The van der Waals surface area contributed by atoms with Crippen LogP contribution in [0.2, 0.25) is 10.0 Å². The van der Waals surface area contributed by atoms with E-state index in [2.05, 4.69) is 15.5 Å². The van der Waals surface area contributed by atoms with E-state index in [4.69, 9.17) is 23.2 Å². The van der Waals surface area contributed by atoms with Crippen molar-refractivity contribution in [2.24, 2.45) is 0 Å². The lowest BCUT2D eigenvalue weighted by atomic mass is 10.1. The standard InChI is InChI=1S/C16H13Cl2N3O/c17-11-7-10(8-12(18)9-11)5-6-19-16(22)15-13-3-1-2-4-14(13)20-21-15/h1-4,7-9H,5-6H2,(H,19,22)(H,20,21). The minimum atomic E-state index is -0.203. The number of hydrogen-bond donors (Lipinski definition) is 2. The molecule has 0 aliphatic rings. The molecule has 0 atom stereocenters. The number of carbonyl (C=O) groups excluding carboxylic acids is 1. The lowest BCUT2D eigenvalue weighted by molar-refractivity contribution is 0.0950. The van der Waals surface area contributed by atoms with Crippen LogP contribution in [0.4, 0.5) is 0 Å². The molecule has 0 aliphatic carbocycles. The van der Waals surface area contributed by atoms with Gasteiger partial charge in [0.2, 0.25) is 0 Å². The SMILES string of the molecule is O=C(NCCc1cc(Cl)cc(Cl)c1)c1n[nH]c2ccccc12. The highest BCUT2D eigenvalue weighted by molar-refractivity contribution is 6.34. The molecule has 1 heterocycles. The molecule has 1 amide bonds. The van der Waals surface area contributed by atoms with Gasteiger partial charge in [-0.25, -0.2) is 0 Å². The summed E-state index contributed by atoms with van der Waals surface area (Å²) in [5.41, 5.74) is 2.22. The predicted octanol–water partition coefficient (Wildman–Crippen LogP) is 3.84. The summed E-state index contributed by atoms with van der Waals surface area (Å²) >= 11 is 11.9. The molecule has 0 saturated carbocycles. The molecule has 3 rings (SSSR count). The fourth-order valence-electron chi connectivity index (χ4n) is 2.30. The minimum Gasteiger partial charge on any atom is -0.350 e. The maximum absolute atomic E-state index is 12.2. The number of benzene rings is 2. The van der Waals surface area contributed by atoms with E-state index in [0.29, 0.717) is 28.7 Å². The Labute approximate surface area is 137 Å². The molecule has 4 nitrogen and oxygen atoms in total. The second kappa shape index (κ2) is 6.38. The smallest absolute Gasteiger partial charge is 0.272 e. The molecule has 22 heavy (non-hydrogen) atoms. The zero-order valence-corrected chi connectivity index (χ0v) is 13.1. The number of fused-ring (bicyclic) bond motifs is 1. The molecule has 0 spiro atoms. The van der Waals surface area contributed by atoms with E-state index in [9.17, 15) is 4.79 Å². The number of halogens is 2. The fraction of sp³-hybridized carbons (Fsp3) is 0.125. The molecular formula is C16H13Cl2N3O. The molecule has 2 aromatic carbocycles. The van der Waals surface area contributed by atoms with Crippen molar-refractivity contribution >= 4 is 40.0 Å². The normalized spacial score (nSPS) is 10.8. The van der Waals surface area contributed by atoms with E-state index in [1.165, 1.54) is 0 Å². The first-order chi connectivity index (χ1) is 10.6. The topological polar surface area (TPSA) is 57.8 Å². The molecule has 112 valence electrons. The molecule has 0 radical (unpaired) electrons. The van der Waals surface area contributed by atoms with Crippen LogP contribution >= 0.6 is 23.2 Å². The summed E-state index contributed by atoms with van der Waals surface area (Å²) in [4.78, 5) is 12.2. The van der Waals surface area contributed by atoms with Crippen LogP contribution in [0.3, 0.4) is 0 Å². The van der Waals surface area contributed by atoms with Crippen LogP contribution in [0.25, 0.3) is 10.9 Å². The van der Waals surface area contributed by atoms with E-state index in [1.54, 1.807) is 6.07 Å². The van der Waals surface area contributed by atoms with E-state index in [-0.39, 0.29) is 5.91 Å². The van der Waals surface area contributed by atoms with Gasteiger partial charge in [0.05, 0.1) is 5.52 Å². The van der Waals surface area contributed by atoms with Crippen LogP contribution in [0.1, 0.15) is 16.1 Å². The summed E-state index contributed by atoms with van der Waals surface area (Å²) in [5, 5.41) is 11.8. The third-order valence-corrected chi connectivity index (χ3v) is 3.74. The van der Waals surface area contributed by atoms with E-state index in [1.807, 2.05) is 36.4 Å². The molecule has 0 saturated heterocycles. The van der Waals surface area contributed by atoms with Gasteiger partial charge in [0.1, 0.15) is 0 Å². The van der Waals surface area contributed by atoms with Crippen LogP contribution in [-0.2, 0) is 6.42 Å². The highest BCUT2D eigenvalue weighted by Gasteiger charge is 2.13. The second-order valence-electron chi connectivity index (χ2n) is 4.90. The molecule has 0 unspecified atom stereocenters. The Morgan fingerprint density at radius 1 is 1.14 bits per heavy atom. The number of para-hydroxylation sites is 1. The number of amides is 1. The first kappa shape index (κ1) is 14.9. The number of aromatic nitrogens is 2. The van der Waals surface area contributed by atoms with Gasteiger partial charge < -0.3 is 5.32 Å². The van der Waals surface area contributed by atoms with Gasteiger partial charge in [-0.1, -0.05) is 41.4 Å². The zero-order valence-electron chi connectivity index (χ0n) is 11.6. The van der Waals surface area contributed by atoms with E-state index in [0.717, 1.165) is 16.5 Å². The number of carbonyl (C=O) groups is 1. The quantitative estimate of drug-likeness (QED) is 0.762. The maximum atomic E-state index is 12.2. The van der Waals surface area contributed by atoms with Crippen molar-refractivity contribution in [3.05, 3.63) is 63.8 Å². The van der Waals surface area contributed by atoms with Crippen molar-refractivity contribution < 1.29 is 4.79 Å². The van der Waals surface area contributed by atoms with E-state index < -0.39 is 0 Å². The summed E-state index contributed by atoms with van der Waals surface area (Å²) in [7, 11) is 0. The molecule has 0 bridgehead atoms. The molecule has 6 heteroatoms. The molecule has 2 N–H and O–H groups in total. The Balaban J connectivity index is 1.65. The monoisotopic (exact) mass is 333 g/mol. The summed E-state index contributed by atoms with van der Waals surface area (Å²) in [6.45, 7) is 0.483. The summed E-state index contributed by atoms with van der Waals surface area (Å²) in [6, 6.07) is 12.9. The Morgan fingerprint density at radius 3 is 2.64 bits per heavy atom. The summed E-state index contributed by atoms with van der Waals surface area (Å²) < 4.78 is 0. The summed E-state index contributed by atoms with van der Waals surface area (Å²) in [5.74, 6) is -0.203. The maximum Gasteiger partial charge on any atom is 0.272 e. The van der Waals surface area contributed by atoms with Crippen molar-refractivity contribution in [1.82, 2.24) is 15.5 Å². The van der Waals surface area contributed by atoms with Crippen LogP contribution in [0.5, 0.6) is 0 Å². The summed E-state index contributed by atoms with van der Waals surface area (Å²) in [6.07, 6.45) is 0.647. The van der Waals surface area contributed by atoms with Gasteiger partial charge >= 0.3 is 0 Å². The number of nitrogens with zero attached hydrogens (tertiary/aromatic N) is 1. The van der Waals surface area contributed by atoms with Gasteiger partial charge in [-0.3, -0.25) is 9.89 Å². The largest absolute Gasteiger partial charge is 0.350 e. The lowest BCUT2D eigenvalue weighted by Gasteiger charge is -2.05. The number of rotatable bonds is 4. The second-order valence-corrected chi connectivity index (χ2v) is 5.77. The average Bonchev–Trinajstić information content (AvgIpc) is 2.90. The number of hydrogen-bond acceptors (Lipinski definition) is 2. The number of nitrogens with one attached hydrogen (secondary N) is 2. The van der Waals surface area contributed by atoms with Crippen LogP contribution in [0, 0.1) is 0 Å². The van der Waals surface area contributed by atoms with Gasteiger partial charge in [0, 0.05) is 22.0 Å². The number of aromatic amines is 1. The van der Waals surface area contributed by atoms with Crippen LogP contribution < -0.4 is 5.32 Å². The minimum absolute atomic E-state index is 0.203. The van der Waals surface area contributed by atoms with Crippen molar-refractivity contribution in [2.75, 3.05) is 6.54 Å². The molecule has 0 aliphatic heterocycles. The Hall–Kier alpha value is -2.04. The highest BCUT2D eigenvalue weighted by atomic mass is 35.5. The van der Waals surface area contributed by atoms with Crippen LogP contribution in [0.15, 0.2) is 42.5 Å². The fourth-order valence-corrected chi connectivity index (χ4v) is 2.87. The highest BCUT2D eigenvalue weighted by Crippen LogP contribution is 2.19. The van der Waals surface area contributed by atoms with Crippen molar-refractivity contribution in [3.8, 4) is 0 Å². The molecule has 1 aromatic heterocycles. The molecule has 3 aromatic rings. The third kappa shape index (κ3) is 3.24. The predicted molar refractivity (Wildman–Crippen MR) is 88.6 cm³/mol. The molecule has 0 fully saturated rings. The Kier molecular flexibility index (Phi) is 4.32. The lowest BCUT2D eigenvalue weighted by Crippen LogP contribution is -2.26. The number of H-pyrrole nitrogens is 1. The van der Waals surface area contributed by atoms with Crippen molar-refractivity contribution in [2.45, 2.75) is 6.42 Å².